The number of aromatic nitrogens is 1. The van der Waals surface area contributed by atoms with Crippen LogP contribution in [0.2, 0.25) is 0 Å². The Hall–Kier alpha value is -1.89. The molecule has 0 atom stereocenters. The zero-order valence-electron chi connectivity index (χ0n) is 8.34. The number of nitrogens with one attached hydrogen (secondary N) is 2. The molecule has 0 aliphatic carbocycles. The Morgan fingerprint density at radius 1 is 1.62 bits per heavy atom. The first kappa shape index (κ1) is 14.1. The molecule has 0 aliphatic rings. The molecule has 1 rings (SSSR count). The predicted octanol–water partition coefficient (Wildman–Crippen LogP) is 1.15. The highest BCUT2D eigenvalue weighted by Crippen LogP contribution is 2.11. The van der Waals surface area contributed by atoms with E-state index in [4.69, 9.17) is 11.1 Å². The third-order valence-corrected chi connectivity index (χ3v) is 1.66. The molecule has 1 aromatic rings. The van der Waals surface area contributed by atoms with Crippen LogP contribution in [0.1, 0.15) is 6.42 Å². The number of rotatable bonds is 5. The fourth-order valence-electron chi connectivity index (χ4n) is 0.924. The highest BCUT2D eigenvalue weighted by Gasteiger charge is 2.04. The first-order valence-electron chi connectivity index (χ1n) is 4.27. The summed E-state index contributed by atoms with van der Waals surface area (Å²) in [5, 5.41) is 20.2. The number of nitrogens with two attached hydrogens (primary N) is 1. The fraction of sp³-hybridized carbons (Fsp3) is 0.250. The highest BCUT2D eigenvalue weighted by molar-refractivity contribution is 5.85. The summed E-state index contributed by atoms with van der Waals surface area (Å²) in [6, 6.07) is 2.88. The molecule has 7 nitrogen and oxygen atoms in total. The van der Waals surface area contributed by atoms with Gasteiger partial charge >= 0.3 is 0 Å². The zero-order chi connectivity index (χ0) is 11.3. The quantitative estimate of drug-likeness (QED) is 0.311. The molecule has 0 spiro atoms. The summed E-state index contributed by atoms with van der Waals surface area (Å²) in [5.41, 5.74) is 5.11. The van der Waals surface area contributed by atoms with Crippen molar-refractivity contribution in [2.45, 2.75) is 6.42 Å². The number of halogens is 1. The van der Waals surface area contributed by atoms with Gasteiger partial charge in [0.1, 0.15) is 12.0 Å². The molecular formula is C8H12ClN5O2. The van der Waals surface area contributed by atoms with Crippen LogP contribution in [0.15, 0.2) is 18.3 Å². The summed E-state index contributed by atoms with van der Waals surface area (Å²) in [4.78, 5) is 13.6. The number of amidine groups is 1. The summed E-state index contributed by atoms with van der Waals surface area (Å²) < 4.78 is 0. The lowest BCUT2D eigenvalue weighted by molar-refractivity contribution is -0.385. The summed E-state index contributed by atoms with van der Waals surface area (Å²) in [6.45, 7) is 0.486. The van der Waals surface area contributed by atoms with Crippen LogP contribution < -0.4 is 11.1 Å². The third kappa shape index (κ3) is 4.56. The second-order valence-electron chi connectivity index (χ2n) is 2.86. The molecule has 1 heterocycles. The second kappa shape index (κ2) is 6.57. The fourth-order valence-corrected chi connectivity index (χ4v) is 0.924. The van der Waals surface area contributed by atoms with Gasteiger partial charge in [-0.2, -0.15) is 0 Å². The molecule has 0 radical (unpaired) electrons. The van der Waals surface area contributed by atoms with E-state index in [2.05, 4.69) is 10.3 Å². The van der Waals surface area contributed by atoms with Crippen molar-refractivity contribution < 1.29 is 4.92 Å². The molecule has 0 aliphatic heterocycles. The van der Waals surface area contributed by atoms with Gasteiger partial charge in [-0.3, -0.25) is 15.5 Å². The van der Waals surface area contributed by atoms with Crippen molar-refractivity contribution in [1.82, 2.24) is 4.98 Å². The van der Waals surface area contributed by atoms with Crippen LogP contribution in [0.25, 0.3) is 0 Å². The number of hydrogen-bond acceptors (Lipinski definition) is 5. The molecule has 0 bridgehead atoms. The molecule has 16 heavy (non-hydrogen) atoms. The van der Waals surface area contributed by atoms with Gasteiger partial charge in [-0.05, 0) is 6.07 Å². The number of nitrogens with zero attached hydrogens (tertiary/aromatic N) is 2. The summed E-state index contributed by atoms with van der Waals surface area (Å²) in [7, 11) is 0. The number of nitro groups is 1. The van der Waals surface area contributed by atoms with E-state index in [1.54, 1.807) is 0 Å². The van der Waals surface area contributed by atoms with Crippen molar-refractivity contribution >= 4 is 29.7 Å². The van der Waals surface area contributed by atoms with Gasteiger partial charge in [0.2, 0.25) is 0 Å². The topological polar surface area (TPSA) is 118 Å². The van der Waals surface area contributed by atoms with Crippen LogP contribution in [0.4, 0.5) is 11.5 Å². The molecular weight excluding hydrogens is 234 g/mol. The van der Waals surface area contributed by atoms with Gasteiger partial charge in [0.05, 0.1) is 10.8 Å². The van der Waals surface area contributed by atoms with Gasteiger partial charge in [-0.25, -0.2) is 4.98 Å². The monoisotopic (exact) mass is 245 g/mol. The van der Waals surface area contributed by atoms with E-state index in [-0.39, 0.29) is 23.9 Å². The van der Waals surface area contributed by atoms with Gasteiger partial charge in [0.15, 0.2) is 0 Å². The van der Waals surface area contributed by atoms with Gasteiger partial charge in [0, 0.05) is 19.0 Å². The minimum Gasteiger partial charge on any atom is -0.388 e. The average Bonchev–Trinajstić information content (AvgIpc) is 2.18. The van der Waals surface area contributed by atoms with Gasteiger partial charge in [-0.15, -0.1) is 12.4 Å². The van der Waals surface area contributed by atoms with Gasteiger partial charge < -0.3 is 11.1 Å². The SMILES string of the molecule is Cl.N=C(N)CCNc1ccc([N+](=O)[O-])cn1. The van der Waals surface area contributed by atoms with Crippen LogP contribution in [0.5, 0.6) is 0 Å². The first-order chi connectivity index (χ1) is 7.09. The van der Waals surface area contributed by atoms with Crippen molar-refractivity contribution in [3.8, 4) is 0 Å². The van der Waals surface area contributed by atoms with Crippen molar-refractivity contribution in [3.05, 3.63) is 28.4 Å². The standard InChI is InChI=1S/C8H11N5O2.ClH/c9-7(10)3-4-11-8-2-1-6(5-12-8)13(14)15;/h1-2,5H,3-4H2,(H3,9,10)(H,11,12);1H. The van der Waals surface area contributed by atoms with E-state index < -0.39 is 4.92 Å². The van der Waals surface area contributed by atoms with Crippen LogP contribution in [-0.2, 0) is 0 Å². The van der Waals surface area contributed by atoms with Crippen molar-refractivity contribution in [2.24, 2.45) is 5.73 Å². The number of anilines is 1. The maximum absolute atomic E-state index is 10.3. The maximum Gasteiger partial charge on any atom is 0.287 e. The molecule has 0 amide bonds. The van der Waals surface area contributed by atoms with Gasteiger partial charge in [-0.1, -0.05) is 0 Å². The molecule has 0 saturated heterocycles. The molecule has 1 aromatic heterocycles. The van der Waals surface area contributed by atoms with E-state index in [0.29, 0.717) is 18.8 Å². The van der Waals surface area contributed by atoms with E-state index in [9.17, 15) is 10.1 Å². The third-order valence-electron chi connectivity index (χ3n) is 1.66. The van der Waals surface area contributed by atoms with Crippen LogP contribution in [0, 0.1) is 15.5 Å². The van der Waals surface area contributed by atoms with E-state index >= 15 is 0 Å². The Bertz CT molecular complexity index is 367. The Kier molecular flexibility index (Phi) is 5.79. The zero-order valence-corrected chi connectivity index (χ0v) is 9.16. The lowest BCUT2D eigenvalue weighted by atomic mass is 10.3. The minimum absolute atomic E-state index is 0. The molecule has 0 aromatic carbocycles. The summed E-state index contributed by atoms with van der Waals surface area (Å²) >= 11 is 0. The smallest absolute Gasteiger partial charge is 0.287 e. The predicted molar refractivity (Wildman–Crippen MR) is 63.2 cm³/mol. The minimum atomic E-state index is -0.508. The highest BCUT2D eigenvalue weighted by atomic mass is 35.5. The van der Waals surface area contributed by atoms with Crippen molar-refractivity contribution in [3.63, 3.8) is 0 Å². The molecule has 4 N–H and O–H groups in total. The van der Waals surface area contributed by atoms with Crippen molar-refractivity contribution in [2.75, 3.05) is 11.9 Å². The second-order valence-corrected chi connectivity index (χ2v) is 2.86. The molecule has 0 saturated carbocycles. The maximum atomic E-state index is 10.3. The molecule has 0 fully saturated rings. The first-order valence-corrected chi connectivity index (χ1v) is 4.27. The number of pyridine rings is 1. The summed E-state index contributed by atoms with van der Waals surface area (Å²) in [6.07, 6.45) is 1.59. The van der Waals surface area contributed by atoms with Crippen LogP contribution in [0.3, 0.4) is 0 Å². The van der Waals surface area contributed by atoms with E-state index in [1.165, 1.54) is 18.3 Å². The van der Waals surface area contributed by atoms with Crippen LogP contribution >= 0.6 is 12.4 Å². The number of hydrogen-bond donors (Lipinski definition) is 3. The Balaban J connectivity index is 0.00000225. The lowest BCUT2D eigenvalue weighted by Crippen LogP contribution is -2.15. The lowest BCUT2D eigenvalue weighted by Gasteiger charge is -2.03. The normalized spacial score (nSPS) is 9.00. The Morgan fingerprint density at radius 3 is 2.75 bits per heavy atom. The van der Waals surface area contributed by atoms with E-state index in [0.717, 1.165) is 0 Å². The summed E-state index contributed by atoms with van der Waals surface area (Å²) in [5.74, 6) is 0.617. The molecule has 8 heteroatoms. The van der Waals surface area contributed by atoms with Gasteiger partial charge in [0.25, 0.3) is 5.69 Å². The van der Waals surface area contributed by atoms with Crippen LogP contribution in [-0.4, -0.2) is 22.3 Å². The molecule has 88 valence electrons. The molecule has 0 unspecified atom stereocenters. The Morgan fingerprint density at radius 2 is 2.31 bits per heavy atom. The van der Waals surface area contributed by atoms with Crippen molar-refractivity contribution in [1.29, 1.82) is 5.41 Å². The Labute approximate surface area is 98.1 Å². The van der Waals surface area contributed by atoms with E-state index in [1.807, 2.05) is 0 Å². The average molecular weight is 246 g/mol. The largest absolute Gasteiger partial charge is 0.388 e.